The van der Waals surface area contributed by atoms with Crippen LogP contribution in [0.15, 0.2) is 91.0 Å². The van der Waals surface area contributed by atoms with Crippen LogP contribution < -0.4 is 4.57 Å². The predicted molar refractivity (Wildman–Crippen MR) is 132 cm³/mol. The number of fused-ring (bicyclic) bond motifs is 1. The first kappa shape index (κ1) is 20.5. The van der Waals surface area contributed by atoms with Gasteiger partial charge in [-0.2, -0.15) is 4.57 Å². The summed E-state index contributed by atoms with van der Waals surface area (Å²) in [5.74, 6) is 1.30. The summed E-state index contributed by atoms with van der Waals surface area (Å²) in [7, 11) is 0. The van der Waals surface area contributed by atoms with E-state index in [0.717, 1.165) is 0 Å². The monoisotopic (exact) mass is 419 g/mol. The van der Waals surface area contributed by atoms with Crippen LogP contribution in [-0.2, 0) is 11.0 Å². The summed E-state index contributed by atoms with van der Waals surface area (Å²) >= 11 is 0. The van der Waals surface area contributed by atoms with E-state index in [2.05, 4.69) is 141 Å². The lowest BCUT2D eigenvalue weighted by Crippen LogP contribution is -2.59. The van der Waals surface area contributed by atoms with Crippen LogP contribution in [0, 0.1) is 13.8 Å². The van der Waals surface area contributed by atoms with Crippen molar-refractivity contribution in [3.8, 4) is 5.69 Å². The minimum absolute atomic E-state index is 0.0773. The van der Waals surface area contributed by atoms with Crippen LogP contribution in [0.2, 0.25) is 0 Å². The Hall–Kier alpha value is -3.39. The minimum Gasteiger partial charge on any atom is -0.209 e. The molecular formula is C30H31N2+. The van der Waals surface area contributed by atoms with Crippen LogP contribution in [0.25, 0.3) is 11.8 Å². The highest BCUT2D eigenvalue weighted by Gasteiger charge is 2.51. The number of imidazole rings is 1. The van der Waals surface area contributed by atoms with E-state index in [0.29, 0.717) is 0 Å². The SMILES string of the molecule is Cc1ccccc1-n1c(C)c2[n+](c1C(C)(C)C)C(c1ccccc1)(c1ccccc1)C=C2. The Morgan fingerprint density at radius 3 is 1.78 bits per heavy atom. The molecule has 0 amide bonds. The molecule has 2 heteroatoms. The van der Waals surface area contributed by atoms with Gasteiger partial charge in [0.2, 0.25) is 0 Å². The van der Waals surface area contributed by atoms with Gasteiger partial charge in [-0.25, -0.2) is 4.57 Å². The first-order chi connectivity index (χ1) is 15.4. The molecule has 5 rings (SSSR count). The van der Waals surface area contributed by atoms with E-state index in [4.69, 9.17) is 0 Å². The van der Waals surface area contributed by atoms with Gasteiger partial charge in [-0.15, -0.1) is 0 Å². The van der Waals surface area contributed by atoms with E-state index in [9.17, 15) is 0 Å². The number of para-hydroxylation sites is 1. The molecule has 32 heavy (non-hydrogen) atoms. The maximum atomic E-state index is 2.58. The van der Waals surface area contributed by atoms with Crippen molar-refractivity contribution >= 4 is 6.08 Å². The molecule has 0 unspecified atom stereocenters. The lowest BCUT2D eigenvalue weighted by atomic mass is 9.82. The smallest absolute Gasteiger partial charge is 0.209 e. The Morgan fingerprint density at radius 2 is 1.25 bits per heavy atom. The maximum Gasteiger partial charge on any atom is 0.269 e. The number of hydrogen-bond acceptors (Lipinski definition) is 0. The molecular weight excluding hydrogens is 388 g/mol. The predicted octanol–water partition coefficient (Wildman–Crippen LogP) is 6.50. The van der Waals surface area contributed by atoms with Gasteiger partial charge < -0.3 is 0 Å². The number of aromatic nitrogens is 2. The summed E-state index contributed by atoms with van der Waals surface area (Å²) in [6.07, 6.45) is 4.71. The lowest BCUT2D eigenvalue weighted by molar-refractivity contribution is -0.738. The third kappa shape index (κ3) is 2.90. The molecule has 0 saturated carbocycles. The van der Waals surface area contributed by atoms with Gasteiger partial charge in [-0.1, -0.05) is 78.9 Å². The summed E-state index contributed by atoms with van der Waals surface area (Å²) in [5.41, 5.74) is 7.16. The van der Waals surface area contributed by atoms with Crippen LogP contribution in [-0.4, -0.2) is 4.57 Å². The average molecular weight is 420 g/mol. The van der Waals surface area contributed by atoms with E-state index in [1.54, 1.807) is 0 Å². The Morgan fingerprint density at radius 1 is 0.719 bits per heavy atom. The molecule has 4 aromatic rings. The number of benzene rings is 3. The molecule has 2 heterocycles. The molecule has 0 fully saturated rings. The molecule has 160 valence electrons. The van der Waals surface area contributed by atoms with Crippen LogP contribution in [0.5, 0.6) is 0 Å². The van der Waals surface area contributed by atoms with Crippen LogP contribution >= 0.6 is 0 Å². The van der Waals surface area contributed by atoms with Gasteiger partial charge in [0.25, 0.3) is 5.82 Å². The van der Waals surface area contributed by atoms with Crippen molar-refractivity contribution in [3.05, 3.63) is 125 Å². The van der Waals surface area contributed by atoms with Gasteiger partial charge in [0, 0.05) is 18.1 Å². The highest BCUT2D eigenvalue weighted by Crippen LogP contribution is 2.40. The third-order valence-corrected chi connectivity index (χ3v) is 6.66. The van der Waals surface area contributed by atoms with E-state index < -0.39 is 0 Å². The van der Waals surface area contributed by atoms with Gasteiger partial charge in [-0.05, 0) is 51.5 Å². The molecule has 1 aromatic heterocycles. The molecule has 1 aliphatic heterocycles. The fraction of sp³-hybridized carbons (Fsp3) is 0.233. The summed E-state index contributed by atoms with van der Waals surface area (Å²) in [4.78, 5) is 0. The van der Waals surface area contributed by atoms with Crippen LogP contribution in [0.4, 0.5) is 0 Å². The highest BCUT2D eigenvalue weighted by atomic mass is 15.2. The quantitative estimate of drug-likeness (QED) is 0.335. The molecule has 0 aliphatic carbocycles. The van der Waals surface area contributed by atoms with Crippen LogP contribution in [0.1, 0.15) is 54.7 Å². The Labute approximate surface area is 191 Å². The zero-order valence-electron chi connectivity index (χ0n) is 19.6. The molecule has 0 saturated heterocycles. The van der Waals surface area contributed by atoms with Crippen molar-refractivity contribution in [1.29, 1.82) is 0 Å². The van der Waals surface area contributed by atoms with Gasteiger partial charge in [0.05, 0.1) is 5.41 Å². The number of hydrogen-bond donors (Lipinski definition) is 0. The molecule has 1 aliphatic rings. The van der Waals surface area contributed by atoms with Crippen molar-refractivity contribution < 1.29 is 4.57 Å². The largest absolute Gasteiger partial charge is 0.269 e. The molecule has 0 atom stereocenters. The number of nitrogens with zero attached hydrogens (tertiary/aromatic N) is 2. The first-order valence-corrected chi connectivity index (χ1v) is 11.4. The van der Waals surface area contributed by atoms with E-state index >= 15 is 0 Å². The van der Waals surface area contributed by atoms with E-state index in [-0.39, 0.29) is 11.0 Å². The summed E-state index contributed by atoms with van der Waals surface area (Å²) in [6.45, 7) is 11.4. The minimum atomic E-state index is -0.390. The van der Waals surface area contributed by atoms with Gasteiger partial charge in [0.15, 0.2) is 16.9 Å². The maximum absolute atomic E-state index is 2.58. The van der Waals surface area contributed by atoms with E-state index in [1.165, 1.54) is 39.6 Å². The molecule has 0 N–H and O–H groups in total. The van der Waals surface area contributed by atoms with Crippen molar-refractivity contribution in [2.45, 2.75) is 45.6 Å². The van der Waals surface area contributed by atoms with Gasteiger partial charge in [-0.3, -0.25) is 0 Å². The van der Waals surface area contributed by atoms with E-state index in [1.807, 2.05) is 0 Å². The Bertz CT molecular complexity index is 1260. The Kier molecular flexibility index (Phi) is 4.70. The van der Waals surface area contributed by atoms with Crippen molar-refractivity contribution in [2.75, 3.05) is 0 Å². The Balaban J connectivity index is 1.94. The number of allylic oxidation sites excluding steroid dienone is 1. The third-order valence-electron chi connectivity index (χ3n) is 6.66. The number of rotatable bonds is 3. The van der Waals surface area contributed by atoms with Crippen molar-refractivity contribution in [3.63, 3.8) is 0 Å². The molecule has 2 nitrogen and oxygen atoms in total. The summed E-state index contributed by atoms with van der Waals surface area (Å²) < 4.78 is 5.06. The molecule has 0 spiro atoms. The molecule has 0 radical (unpaired) electrons. The lowest BCUT2D eigenvalue weighted by Gasteiger charge is -2.31. The van der Waals surface area contributed by atoms with Crippen LogP contribution in [0.3, 0.4) is 0 Å². The summed E-state index contributed by atoms with van der Waals surface area (Å²) in [6, 6.07) is 30.5. The fourth-order valence-electron chi connectivity index (χ4n) is 5.26. The highest BCUT2D eigenvalue weighted by molar-refractivity contribution is 5.58. The molecule has 0 bridgehead atoms. The standard InChI is InChI=1S/C30H31N2/c1-22-14-12-13-19-26(22)31-23(2)27-20-21-30(24-15-8-6-9-16-24,25-17-10-7-11-18-25)32(27)28(31)29(3,4)5/h6-21H,1-5H3/q+1. The zero-order chi connectivity index (χ0) is 22.5. The second-order valence-corrected chi connectivity index (χ2v) is 9.83. The zero-order valence-corrected chi connectivity index (χ0v) is 19.6. The molecule has 3 aromatic carbocycles. The average Bonchev–Trinajstić information content (AvgIpc) is 3.32. The second kappa shape index (κ2) is 7.34. The van der Waals surface area contributed by atoms with Gasteiger partial charge >= 0.3 is 0 Å². The normalized spacial score (nSPS) is 14.5. The fourth-order valence-corrected chi connectivity index (χ4v) is 5.26. The topological polar surface area (TPSA) is 8.81 Å². The first-order valence-electron chi connectivity index (χ1n) is 11.4. The second-order valence-electron chi connectivity index (χ2n) is 9.83. The van der Waals surface area contributed by atoms with Crippen molar-refractivity contribution in [2.24, 2.45) is 0 Å². The van der Waals surface area contributed by atoms with Gasteiger partial charge in [0.1, 0.15) is 5.69 Å². The number of aryl methyl sites for hydroxylation is 1. The van der Waals surface area contributed by atoms with Crippen molar-refractivity contribution in [1.82, 2.24) is 4.57 Å². The summed E-state index contributed by atoms with van der Waals surface area (Å²) in [5, 5.41) is 0.